The van der Waals surface area contributed by atoms with Gasteiger partial charge in [0, 0.05) is 42.8 Å². The summed E-state index contributed by atoms with van der Waals surface area (Å²) >= 11 is 0. The number of pyridine rings is 1. The van der Waals surface area contributed by atoms with E-state index in [1.54, 1.807) is 19.4 Å². The number of nitrogens with one attached hydrogen (secondary N) is 3. The van der Waals surface area contributed by atoms with Gasteiger partial charge in [-0.15, -0.1) is 0 Å². The lowest BCUT2D eigenvalue weighted by Crippen LogP contribution is -2.29. The molecule has 4 rings (SSSR count). The molecule has 2 heterocycles. The number of hydrogen-bond donors (Lipinski definition) is 3. The van der Waals surface area contributed by atoms with E-state index in [-0.39, 0.29) is 23.6 Å². The summed E-state index contributed by atoms with van der Waals surface area (Å²) in [4.78, 5) is 28.7. The van der Waals surface area contributed by atoms with Gasteiger partial charge in [0.1, 0.15) is 18.1 Å². The third-order valence-corrected chi connectivity index (χ3v) is 6.31. The van der Waals surface area contributed by atoms with Crippen LogP contribution in [0.4, 0.5) is 11.4 Å². The lowest BCUT2D eigenvalue weighted by molar-refractivity contribution is -0.137. The van der Waals surface area contributed by atoms with Crippen molar-refractivity contribution in [3.8, 4) is 16.9 Å². The Morgan fingerprint density at radius 1 is 1.11 bits per heavy atom. The van der Waals surface area contributed by atoms with Gasteiger partial charge in [-0.2, -0.15) is 0 Å². The second-order valence-electron chi connectivity index (χ2n) is 8.51. The summed E-state index contributed by atoms with van der Waals surface area (Å²) in [6.45, 7) is 4.88. The number of esters is 1. The van der Waals surface area contributed by atoms with Crippen LogP contribution in [0.3, 0.4) is 0 Å². The predicted molar refractivity (Wildman–Crippen MR) is 136 cm³/mol. The number of methoxy groups -OCH3 is 1. The monoisotopic (exact) mass is 474 g/mol. The third kappa shape index (κ3) is 5.27. The van der Waals surface area contributed by atoms with Gasteiger partial charge in [0.15, 0.2) is 0 Å². The zero-order valence-corrected chi connectivity index (χ0v) is 20.4. The average molecular weight is 475 g/mol. The maximum atomic E-state index is 13.1. The van der Waals surface area contributed by atoms with Gasteiger partial charge in [0.2, 0.25) is 0 Å². The average Bonchev–Trinajstić information content (AvgIpc) is 3.29. The second-order valence-corrected chi connectivity index (χ2v) is 8.51. The molecule has 1 fully saturated rings. The summed E-state index contributed by atoms with van der Waals surface area (Å²) in [6, 6.07) is 13.6. The Morgan fingerprint density at radius 3 is 2.43 bits per heavy atom. The molecule has 1 aromatic heterocycles. The molecule has 0 radical (unpaired) electrons. The second kappa shape index (κ2) is 10.6. The first-order valence-corrected chi connectivity index (χ1v) is 11.5. The normalized spacial score (nSPS) is 15.0. The van der Waals surface area contributed by atoms with Crippen LogP contribution in [0.2, 0.25) is 0 Å². The van der Waals surface area contributed by atoms with E-state index in [9.17, 15) is 9.59 Å². The first-order valence-electron chi connectivity index (χ1n) is 11.5. The fourth-order valence-corrected chi connectivity index (χ4v) is 4.26. The van der Waals surface area contributed by atoms with E-state index in [2.05, 4.69) is 40.0 Å². The van der Waals surface area contributed by atoms with Crippen molar-refractivity contribution in [2.24, 2.45) is 0 Å². The minimum absolute atomic E-state index is 0.0390. The Morgan fingerprint density at radius 2 is 1.80 bits per heavy atom. The molecule has 0 saturated carbocycles. The van der Waals surface area contributed by atoms with Crippen LogP contribution in [0.25, 0.3) is 11.1 Å². The molecule has 35 heavy (non-hydrogen) atoms. The Labute approximate surface area is 205 Å². The number of carbonyl (C=O) groups is 2. The number of aromatic nitrogens is 1. The third-order valence-electron chi connectivity index (χ3n) is 6.31. The van der Waals surface area contributed by atoms with Crippen LogP contribution in [0, 0.1) is 13.8 Å². The smallest absolute Gasteiger partial charge is 0.307 e. The lowest BCUT2D eigenvalue weighted by Gasteiger charge is -2.16. The van der Waals surface area contributed by atoms with Gasteiger partial charge in [-0.1, -0.05) is 24.3 Å². The predicted octanol–water partition coefficient (Wildman–Crippen LogP) is 4.07. The maximum absolute atomic E-state index is 13.1. The van der Waals surface area contributed by atoms with Gasteiger partial charge in [-0.05, 0) is 48.2 Å². The van der Waals surface area contributed by atoms with Crippen molar-refractivity contribution >= 4 is 23.3 Å². The topological polar surface area (TPSA) is 102 Å². The van der Waals surface area contributed by atoms with E-state index >= 15 is 0 Å². The standard InChI is InChI=1S/C27H30N4O4/c1-16-20(7-5-9-22(16)28-3)21-8-6-10-23(17(21)2)31-27(33)24-12-25(34-4)18(14-30-24)13-29-19-11-26(32)35-15-19/h5-10,12,14,19,28-29H,11,13,15H2,1-4H3,(H,31,33). The Hall–Kier alpha value is -3.91. The molecule has 3 aromatic rings. The van der Waals surface area contributed by atoms with E-state index < -0.39 is 0 Å². The number of cyclic esters (lactones) is 1. The van der Waals surface area contributed by atoms with E-state index in [0.29, 0.717) is 25.3 Å². The molecule has 2 aromatic carbocycles. The number of carbonyl (C=O) groups excluding carboxylic acids is 2. The van der Waals surface area contributed by atoms with Crippen LogP contribution in [0.15, 0.2) is 48.7 Å². The van der Waals surface area contributed by atoms with Crippen molar-refractivity contribution in [2.75, 3.05) is 31.4 Å². The molecular formula is C27H30N4O4. The number of ether oxygens (including phenoxy) is 2. The van der Waals surface area contributed by atoms with Crippen molar-refractivity contribution in [2.45, 2.75) is 32.9 Å². The van der Waals surface area contributed by atoms with Crippen LogP contribution >= 0.6 is 0 Å². The molecule has 0 spiro atoms. The fraction of sp³-hybridized carbons (Fsp3) is 0.296. The molecule has 1 aliphatic rings. The zero-order valence-electron chi connectivity index (χ0n) is 20.4. The van der Waals surface area contributed by atoms with Crippen molar-refractivity contribution in [1.82, 2.24) is 10.3 Å². The van der Waals surface area contributed by atoms with E-state index in [1.807, 2.05) is 38.2 Å². The molecule has 3 N–H and O–H groups in total. The molecule has 1 amide bonds. The first-order chi connectivity index (χ1) is 16.9. The summed E-state index contributed by atoms with van der Waals surface area (Å²) in [5.41, 5.74) is 7.11. The largest absolute Gasteiger partial charge is 0.496 e. The highest BCUT2D eigenvalue weighted by atomic mass is 16.5. The SMILES string of the molecule is CNc1cccc(-c2cccc(NC(=O)c3cc(OC)c(CNC4COC(=O)C4)cn3)c2C)c1C. The molecule has 8 heteroatoms. The van der Waals surface area contributed by atoms with Crippen LogP contribution in [-0.4, -0.2) is 43.7 Å². The summed E-state index contributed by atoms with van der Waals surface area (Å²) in [5, 5.41) is 9.48. The van der Waals surface area contributed by atoms with E-state index in [0.717, 1.165) is 39.2 Å². The van der Waals surface area contributed by atoms with Crippen molar-refractivity contribution < 1.29 is 19.1 Å². The zero-order chi connectivity index (χ0) is 24.9. The summed E-state index contributed by atoms with van der Waals surface area (Å²) < 4.78 is 10.5. The molecule has 1 atom stereocenters. The molecule has 1 unspecified atom stereocenters. The van der Waals surface area contributed by atoms with Crippen LogP contribution in [-0.2, 0) is 16.1 Å². The highest BCUT2D eigenvalue weighted by Crippen LogP contribution is 2.33. The lowest BCUT2D eigenvalue weighted by atomic mass is 9.94. The number of nitrogens with zero attached hydrogens (tertiary/aromatic N) is 1. The van der Waals surface area contributed by atoms with E-state index in [4.69, 9.17) is 9.47 Å². The Kier molecular flexibility index (Phi) is 7.31. The number of benzene rings is 2. The molecule has 8 nitrogen and oxygen atoms in total. The molecule has 0 bridgehead atoms. The van der Waals surface area contributed by atoms with Gasteiger partial charge in [-0.25, -0.2) is 0 Å². The Balaban J connectivity index is 1.52. The molecule has 1 aliphatic heterocycles. The van der Waals surface area contributed by atoms with Gasteiger partial charge in [0.05, 0.1) is 19.6 Å². The highest BCUT2D eigenvalue weighted by Gasteiger charge is 2.23. The quantitative estimate of drug-likeness (QED) is 0.423. The minimum Gasteiger partial charge on any atom is -0.496 e. The highest BCUT2D eigenvalue weighted by molar-refractivity contribution is 6.04. The number of hydrogen-bond acceptors (Lipinski definition) is 7. The van der Waals surface area contributed by atoms with Crippen molar-refractivity contribution in [3.63, 3.8) is 0 Å². The Bertz CT molecular complexity index is 1260. The maximum Gasteiger partial charge on any atom is 0.307 e. The summed E-state index contributed by atoms with van der Waals surface area (Å²) in [6.07, 6.45) is 1.96. The van der Waals surface area contributed by atoms with Gasteiger partial charge in [-0.3, -0.25) is 14.6 Å². The molecule has 0 aliphatic carbocycles. The van der Waals surface area contributed by atoms with Gasteiger partial charge < -0.3 is 25.4 Å². The number of rotatable bonds is 8. The van der Waals surface area contributed by atoms with E-state index in [1.165, 1.54) is 0 Å². The molecule has 1 saturated heterocycles. The molecule has 182 valence electrons. The van der Waals surface area contributed by atoms with Crippen LogP contribution in [0.5, 0.6) is 5.75 Å². The number of amides is 1. The molecular weight excluding hydrogens is 444 g/mol. The van der Waals surface area contributed by atoms with Crippen LogP contribution in [0.1, 0.15) is 33.6 Å². The van der Waals surface area contributed by atoms with Crippen molar-refractivity contribution in [1.29, 1.82) is 0 Å². The summed E-state index contributed by atoms with van der Waals surface area (Å²) in [7, 11) is 3.46. The van der Waals surface area contributed by atoms with Crippen molar-refractivity contribution in [3.05, 3.63) is 71.0 Å². The number of anilines is 2. The van der Waals surface area contributed by atoms with Gasteiger partial charge >= 0.3 is 5.97 Å². The summed E-state index contributed by atoms with van der Waals surface area (Å²) in [5.74, 6) is 0.0234. The minimum atomic E-state index is -0.321. The fourth-order valence-electron chi connectivity index (χ4n) is 4.26. The van der Waals surface area contributed by atoms with Crippen LogP contribution < -0.4 is 20.7 Å². The first kappa shape index (κ1) is 24.2. The van der Waals surface area contributed by atoms with Gasteiger partial charge in [0.25, 0.3) is 5.91 Å².